The molecule has 2 amide bonds. The van der Waals surface area contributed by atoms with E-state index in [0.717, 1.165) is 24.9 Å². The molecule has 1 aliphatic rings. The fourth-order valence-corrected chi connectivity index (χ4v) is 2.88. The summed E-state index contributed by atoms with van der Waals surface area (Å²) >= 11 is 0. The van der Waals surface area contributed by atoms with Gasteiger partial charge in [0.1, 0.15) is 0 Å². The van der Waals surface area contributed by atoms with Gasteiger partial charge in [0.15, 0.2) is 0 Å². The van der Waals surface area contributed by atoms with E-state index in [4.69, 9.17) is 0 Å². The molecular formula is C15H21N3O4S. The maximum absolute atomic E-state index is 12.0. The number of hydrogen-bond donors (Lipinski definition) is 2. The summed E-state index contributed by atoms with van der Waals surface area (Å²) in [6.45, 7) is 1.39. The lowest BCUT2D eigenvalue weighted by Crippen LogP contribution is -2.29. The van der Waals surface area contributed by atoms with E-state index in [1.807, 2.05) is 0 Å². The molecule has 0 atom stereocenters. The van der Waals surface area contributed by atoms with Crippen molar-refractivity contribution in [3.63, 3.8) is 0 Å². The summed E-state index contributed by atoms with van der Waals surface area (Å²) in [5.74, 6) is -0.107. The van der Waals surface area contributed by atoms with Crippen LogP contribution >= 0.6 is 0 Å². The number of amides is 2. The molecule has 0 aliphatic carbocycles. The number of carbonyl (C=O) groups excluding carboxylic acids is 2. The molecule has 126 valence electrons. The molecule has 1 heterocycles. The van der Waals surface area contributed by atoms with Gasteiger partial charge in [-0.25, -0.2) is 13.1 Å². The molecule has 2 rings (SSSR count). The van der Waals surface area contributed by atoms with Crippen LogP contribution < -0.4 is 14.9 Å². The Hall–Kier alpha value is -1.93. The van der Waals surface area contributed by atoms with Crippen molar-refractivity contribution in [3.05, 3.63) is 29.8 Å². The summed E-state index contributed by atoms with van der Waals surface area (Å²) in [7, 11) is -3.19. The topological polar surface area (TPSA) is 95.6 Å². The monoisotopic (exact) mass is 339 g/mol. The van der Waals surface area contributed by atoms with Crippen molar-refractivity contribution >= 4 is 27.5 Å². The number of benzene rings is 1. The molecule has 0 radical (unpaired) electrons. The van der Waals surface area contributed by atoms with Crippen LogP contribution in [0.4, 0.5) is 5.69 Å². The van der Waals surface area contributed by atoms with E-state index in [-0.39, 0.29) is 18.4 Å². The van der Waals surface area contributed by atoms with Gasteiger partial charge < -0.3 is 10.2 Å². The number of sulfonamides is 1. The van der Waals surface area contributed by atoms with Crippen molar-refractivity contribution in [1.29, 1.82) is 0 Å². The van der Waals surface area contributed by atoms with E-state index in [0.29, 0.717) is 24.9 Å². The Morgan fingerprint density at radius 3 is 2.48 bits per heavy atom. The van der Waals surface area contributed by atoms with Crippen LogP contribution in [0.25, 0.3) is 0 Å². The number of nitrogens with zero attached hydrogens (tertiary/aromatic N) is 1. The lowest BCUT2D eigenvalue weighted by molar-refractivity contribution is -0.117. The van der Waals surface area contributed by atoms with Crippen LogP contribution in [0.3, 0.4) is 0 Å². The van der Waals surface area contributed by atoms with Gasteiger partial charge in [-0.2, -0.15) is 0 Å². The highest BCUT2D eigenvalue weighted by molar-refractivity contribution is 7.88. The van der Waals surface area contributed by atoms with Gasteiger partial charge in [0.05, 0.1) is 6.26 Å². The standard InChI is InChI=1S/C15H21N3O4S/c1-23(21,22)17-10-3-9-16-15(20)12-5-7-13(8-6-12)18-11-2-4-14(18)19/h5-8,17H,2-4,9-11H2,1H3,(H,16,20). The summed E-state index contributed by atoms with van der Waals surface area (Å²) in [6.07, 6.45) is 3.05. The van der Waals surface area contributed by atoms with E-state index in [9.17, 15) is 18.0 Å². The highest BCUT2D eigenvalue weighted by Gasteiger charge is 2.21. The Morgan fingerprint density at radius 2 is 1.91 bits per heavy atom. The molecule has 1 aromatic rings. The van der Waals surface area contributed by atoms with Gasteiger partial charge in [-0.1, -0.05) is 0 Å². The fraction of sp³-hybridized carbons (Fsp3) is 0.467. The second kappa shape index (κ2) is 7.56. The summed E-state index contributed by atoms with van der Waals surface area (Å²) in [5.41, 5.74) is 1.32. The molecule has 1 aromatic carbocycles. The van der Waals surface area contributed by atoms with Gasteiger partial charge in [-0.05, 0) is 37.1 Å². The van der Waals surface area contributed by atoms with Crippen LogP contribution in [-0.4, -0.2) is 46.1 Å². The van der Waals surface area contributed by atoms with Crippen molar-refractivity contribution in [1.82, 2.24) is 10.0 Å². The Labute approximate surface area is 136 Å². The molecular weight excluding hydrogens is 318 g/mol. The van der Waals surface area contributed by atoms with Crippen LogP contribution in [-0.2, 0) is 14.8 Å². The molecule has 0 unspecified atom stereocenters. The zero-order chi connectivity index (χ0) is 16.9. The minimum Gasteiger partial charge on any atom is -0.352 e. The van der Waals surface area contributed by atoms with Gasteiger partial charge in [-0.15, -0.1) is 0 Å². The van der Waals surface area contributed by atoms with Crippen LogP contribution in [0.1, 0.15) is 29.6 Å². The Morgan fingerprint density at radius 1 is 1.22 bits per heavy atom. The first-order chi connectivity index (χ1) is 10.9. The molecule has 0 saturated carbocycles. The third-order valence-corrected chi connectivity index (χ3v) is 4.25. The SMILES string of the molecule is CS(=O)(=O)NCCCNC(=O)c1ccc(N2CCCC2=O)cc1. The van der Waals surface area contributed by atoms with E-state index in [1.54, 1.807) is 29.2 Å². The highest BCUT2D eigenvalue weighted by Crippen LogP contribution is 2.21. The number of rotatable bonds is 7. The number of nitrogens with one attached hydrogen (secondary N) is 2. The molecule has 1 fully saturated rings. The van der Waals surface area contributed by atoms with Crippen molar-refractivity contribution in [2.45, 2.75) is 19.3 Å². The van der Waals surface area contributed by atoms with Crippen LogP contribution in [0.5, 0.6) is 0 Å². The third-order valence-electron chi connectivity index (χ3n) is 3.52. The quantitative estimate of drug-likeness (QED) is 0.707. The Kier molecular flexibility index (Phi) is 5.73. The first-order valence-electron chi connectivity index (χ1n) is 7.50. The average Bonchev–Trinajstić information content (AvgIpc) is 2.92. The zero-order valence-corrected chi connectivity index (χ0v) is 13.9. The lowest BCUT2D eigenvalue weighted by Gasteiger charge is -2.15. The number of hydrogen-bond acceptors (Lipinski definition) is 4. The Balaban J connectivity index is 1.80. The van der Waals surface area contributed by atoms with Crippen molar-refractivity contribution in [2.24, 2.45) is 0 Å². The first kappa shape index (κ1) is 17.4. The van der Waals surface area contributed by atoms with E-state index in [1.165, 1.54) is 0 Å². The molecule has 2 N–H and O–H groups in total. The maximum Gasteiger partial charge on any atom is 0.251 e. The minimum atomic E-state index is -3.19. The smallest absolute Gasteiger partial charge is 0.251 e. The first-order valence-corrected chi connectivity index (χ1v) is 9.39. The molecule has 23 heavy (non-hydrogen) atoms. The molecule has 8 heteroatoms. The van der Waals surface area contributed by atoms with Crippen molar-refractivity contribution in [2.75, 3.05) is 30.8 Å². The average molecular weight is 339 g/mol. The van der Waals surface area contributed by atoms with Gasteiger partial charge in [0.2, 0.25) is 15.9 Å². The lowest BCUT2D eigenvalue weighted by atomic mass is 10.2. The zero-order valence-electron chi connectivity index (χ0n) is 13.0. The van der Waals surface area contributed by atoms with Gasteiger partial charge in [0.25, 0.3) is 5.91 Å². The van der Waals surface area contributed by atoms with Crippen LogP contribution in [0, 0.1) is 0 Å². The summed E-state index contributed by atoms with van der Waals surface area (Å²) < 4.78 is 24.1. The summed E-state index contributed by atoms with van der Waals surface area (Å²) in [6, 6.07) is 6.91. The van der Waals surface area contributed by atoms with Crippen molar-refractivity contribution in [3.8, 4) is 0 Å². The molecule has 0 aromatic heterocycles. The highest BCUT2D eigenvalue weighted by atomic mass is 32.2. The summed E-state index contributed by atoms with van der Waals surface area (Å²) in [5, 5.41) is 2.73. The Bertz CT molecular complexity index is 670. The largest absolute Gasteiger partial charge is 0.352 e. The van der Waals surface area contributed by atoms with Gasteiger partial charge in [-0.3, -0.25) is 9.59 Å². The molecule has 0 bridgehead atoms. The number of anilines is 1. The molecule has 7 nitrogen and oxygen atoms in total. The second-order valence-corrected chi connectivity index (χ2v) is 7.30. The minimum absolute atomic E-state index is 0.112. The summed E-state index contributed by atoms with van der Waals surface area (Å²) in [4.78, 5) is 25.4. The predicted octanol–water partition coefficient (Wildman–Crippen LogP) is 0.482. The molecule has 0 spiro atoms. The fourth-order valence-electron chi connectivity index (χ4n) is 2.36. The van der Waals surface area contributed by atoms with E-state index in [2.05, 4.69) is 10.0 Å². The van der Waals surface area contributed by atoms with E-state index < -0.39 is 10.0 Å². The normalized spacial score (nSPS) is 15.0. The van der Waals surface area contributed by atoms with Crippen molar-refractivity contribution < 1.29 is 18.0 Å². The van der Waals surface area contributed by atoms with Crippen LogP contribution in [0.2, 0.25) is 0 Å². The van der Waals surface area contributed by atoms with Gasteiger partial charge in [0, 0.05) is 37.3 Å². The molecule has 1 saturated heterocycles. The second-order valence-electron chi connectivity index (χ2n) is 5.47. The maximum atomic E-state index is 12.0. The number of carbonyl (C=O) groups is 2. The van der Waals surface area contributed by atoms with E-state index >= 15 is 0 Å². The third kappa shape index (κ3) is 5.33. The van der Waals surface area contributed by atoms with Gasteiger partial charge >= 0.3 is 0 Å². The molecule has 1 aliphatic heterocycles. The predicted molar refractivity (Wildman–Crippen MR) is 87.8 cm³/mol. The van der Waals surface area contributed by atoms with Crippen LogP contribution in [0.15, 0.2) is 24.3 Å².